The van der Waals surface area contributed by atoms with E-state index < -0.39 is 10.0 Å². The minimum atomic E-state index is -3.64. The summed E-state index contributed by atoms with van der Waals surface area (Å²) in [5.74, 6) is -0.201. The number of hydrogen-bond acceptors (Lipinski definition) is 2. The molecule has 0 amide bonds. The third kappa shape index (κ3) is 5.44. The van der Waals surface area contributed by atoms with Crippen LogP contribution in [-0.4, -0.2) is 8.42 Å². The summed E-state index contributed by atoms with van der Waals surface area (Å²) in [6, 6.07) is 7.11. The number of nitrogens with one attached hydrogen (secondary N) is 1. The monoisotopic (exact) mass is 207 g/mol. The molecule has 0 saturated heterocycles. The van der Waals surface area contributed by atoms with Crippen LogP contribution < -0.4 is 29.6 Å². The Hall–Kier alpha value is 0.130. The Morgan fingerprint density at radius 3 is 2.08 bits per heavy atom. The van der Waals surface area contributed by atoms with Crippen LogP contribution in [0, 0.1) is 6.92 Å². The molecule has 1 aromatic carbocycles. The molecule has 3 nitrogen and oxygen atoms in total. The second kappa shape index (κ2) is 5.12. The van der Waals surface area contributed by atoms with Crippen LogP contribution in [0.25, 0.3) is 5.14 Å². The van der Waals surface area contributed by atoms with Gasteiger partial charge in [0.15, 0.2) is 0 Å². The van der Waals surface area contributed by atoms with Crippen molar-refractivity contribution in [2.24, 2.45) is 0 Å². The Morgan fingerprint density at radius 2 is 1.69 bits per heavy atom. The first-order chi connectivity index (χ1) is 5.47. The second-order valence-electron chi connectivity index (χ2n) is 2.74. The molecule has 1 rings (SSSR count). The van der Waals surface area contributed by atoms with Gasteiger partial charge in [-0.3, -0.25) is 0 Å². The van der Waals surface area contributed by atoms with E-state index in [0.29, 0.717) is 5.56 Å². The van der Waals surface area contributed by atoms with E-state index in [1.165, 1.54) is 0 Å². The van der Waals surface area contributed by atoms with Gasteiger partial charge in [-0.2, -0.15) is 0 Å². The van der Waals surface area contributed by atoms with Crippen molar-refractivity contribution in [3.8, 4) is 0 Å². The molecule has 66 valence electrons. The van der Waals surface area contributed by atoms with Crippen LogP contribution in [0.2, 0.25) is 0 Å². The molecule has 0 aromatic heterocycles. The predicted molar refractivity (Wildman–Crippen MR) is 48.1 cm³/mol. The SMILES string of the molecule is Cc1ccc(CS([NH-])(=O)=O)cc1.[Na+]. The van der Waals surface area contributed by atoms with Gasteiger partial charge in [0.25, 0.3) is 0 Å². The maximum atomic E-state index is 10.6. The summed E-state index contributed by atoms with van der Waals surface area (Å²) < 4.78 is 21.1. The zero-order valence-electron chi connectivity index (χ0n) is 7.74. The van der Waals surface area contributed by atoms with Gasteiger partial charge in [0, 0.05) is 0 Å². The summed E-state index contributed by atoms with van der Waals surface area (Å²) in [5.41, 5.74) is 1.75. The summed E-state index contributed by atoms with van der Waals surface area (Å²) in [6.07, 6.45) is 0. The second-order valence-corrected chi connectivity index (χ2v) is 4.26. The summed E-state index contributed by atoms with van der Waals surface area (Å²) in [6.45, 7) is 1.93. The topological polar surface area (TPSA) is 57.9 Å². The van der Waals surface area contributed by atoms with E-state index in [9.17, 15) is 8.42 Å². The molecular weight excluding hydrogens is 197 g/mol. The van der Waals surface area contributed by atoms with Crippen LogP contribution >= 0.6 is 0 Å². The molecule has 0 bridgehead atoms. The van der Waals surface area contributed by atoms with Crippen LogP contribution in [0.1, 0.15) is 11.1 Å². The van der Waals surface area contributed by atoms with Crippen LogP contribution in [0.15, 0.2) is 24.3 Å². The summed E-state index contributed by atoms with van der Waals surface area (Å²) in [7, 11) is -3.64. The van der Waals surface area contributed by atoms with E-state index in [4.69, 9.17) is 5.14 Å². The molecule has 0 spiro atoms. The normalized spacial score (nSPS) is 10.6. The standard InChI is InChI=1S/C8H10NO2S.Na/c1-7-2-4-8(5-3-7)6-12(9,10)11;/h2-5H,6H2,1H3,(H-,9,10,11);/q-1;+1. The fraction of sp³-hybridized carbons (Fsp3) is 0.250. The van der Waals surface area contributed by atoms with Crippen molar-refractivity contribution in [3.05, 3.63) is 40.5 Å². The number of hydrogen-bond donors (Lipinski definition) is 0. The molecule has 0 heterocycles. The number of sulfonamides is 1. The molecule has 13 heavy (non-hydrogen) atoms. The average Bonchev–Trinajstić information content (AvgIpc) is 1.91. The molecule has 1 aromatic rings. The molecule has 0 unspecified atom stereocenters. The molecule has 0 aliphatic heterocycles. The molecule has 0 aliphatic carbocycles. The van der Waals surface area contributed by atoms with Gasteiger partial charge in [-0.15, -0.1) is 0 Å². The predicted octanol–water partition coefficient (Wildman–Crippen LogP) is -1.12. The van der Waals surface area contributed by atoms with Crippen molar-refractivity contribution in [1.29, 1.82) is 0 Å². The smallest absolute Gasteiger partial charge is 0.564 e. The summed E-state index contributed by atoms with van der Waals surface area (Å²) >= 11 is 0. The number of benzene rings is 1. The molecule has 0 atom stereocenters. The number of rotatable bonds is 2. The maximum absolute atomic E-state index is 10.6. The summed E-state index contributed by atoms with van der Waals surface area (Å²) in [5, 5.41) is 6.70. The van der Waals surface area contributed by atoms with Crippen molar-refractivity contribution < 1.29 is 38.0 Å². The quantitative estimate of drug-likeness (QED) is 0.577. The van der Waals surface area contributed by atoms with Gasteiger partial charge < -0.3 is 5.14 Å². The van der Waals surface area contributed by atoms with Gasteiger partial charge in [0.1, 0.15) is 0 Å². The van der Waals surface area contributed by atoms with Crippen molar-refractivity contribution in [1.82, 2.24) is 0 Å². The number of aryl methyl sites for hydroxylation is 1. The summed E-state index contributed by atoms with van der Waals surface area (Å²) in [4.78, 5) is 0. The molecule has 0 saturated carbocycles. The van der Waals surface area contributed by atoms with Gasteiger partial charge in [-0.25, -0.2) is 8.42 Å². The maximum Gasteiger partial charge on any atom is 1.00 e. The largest absolute Gasteiger partial charge is 1.00 e. The third-order valence-electron chi connectivity index (χ3n) is 1.48. The van der Waals surface area contributed by atoms with Gasteiger partial charge >= 0.3 is 29.6 Å². The molecule has 1 N–H and O–H groups in total. The van der Waals surface area contributed by atoms with Crippen LogP contribution in [0.4, 0.5) is 0 Å². The first-order valence-corrected chi connectivity index (χ1v) is 5.15. The fourth-order valence-electron chi connectivity index (χ4n) is 0.904. The van der Waals surface area contributed by atoms with Crippen molar-refractivity contribution in [2.45, 2.75) is 12.7 Å². The van der Waals surface area contributed by atoms with E-state index in [1.54, 1.807) is 12.1 Å². The molecule has 0 aliphatic rings. The van der Waals surface area contributed by atoms with Crippen LogP contribution in [0.3, 0.4) is 0 Å². The average molecular weight is 207 g/mol. The van der Waals surface area contributed by atoms with Crippen LogP contribution in [-0.2, 0) is 15.8 Å². The molecule has 0 radical (unpaired) electrons. The third-order valence-corrected chi connectivity index (χ3v) is 2.19. The minimum Gasteiger partial charge on any atom is -0.564 e. The van der Waals surface area contributed by atoms with E-state index in [2.05, 4.69) is 0 Å². The zero-order chi connectivity index (χ0) is 9.19. The Bertz CT molecular complexity index is 358. The van der Waals surface area contributed by atoms with Crippen molar-refractivity contribution >= 4 is 10.0 Å². The van der Waals surface area contributed by atoms with Gasteiger partial charge in [-0.1, -0.05) is 29.8 Å². The molecule has 5 heteroatoms. The first kappa shape index (κ1) is 13.1. The Kier molecular flexibility index (Phi) is 5.17. The Labute approximate surface area is 101 Å². The van der Waals surface area contributed by atoms with E-state index >= 15 is 0 Å². The minimum absolute atomic E-state index is 0. The zero-order valence-corrected chi connectivity index (χ0v) is 10.6. The van der Waals surface area contributed by atoms with Crippen LogP contribution in [0.5, 0.6) is 0 Å². The molecular formula is C8H10NNaO2S. The van der Waals surface area contributed by atoms with E-state index in [0.717, 1.165) is 5.56 Å². The van der Waals surface area contributed by atoms with Gasteiger partial charge in [-0.05, 0) is 12.5 Å². The Morgan fingerprint density at radius 1 is 1.23 bits per heavy atom. The van der Waals surface area contributed by atoms with Crippen molar-refractivity contribution in [3.63, 3.8) is 0 Å². The van der Waals surface area contributed by atoms with E-state index in [-0.39, 0.29) is 35.3 Å². The van der Waals surface area contributed by atoms with Gasteiger partial charge in [0.05, 0.1) is 15.8 Å². The first-order valence-electron chi connectivity index (χ1n) is 3.50. The van der Waals surface area contributed by atoms with Gasteiger partial charge in [0.2, 0.25) is 0 Å². The fourth-order valence-corrected chi connectivity index (χ4v) is 1.54. The molecule has 0 fully saturated rings. The Balaban J connectivity index is 0.00000144. The van der Waals surface area contributed by atoms with E-state index in [1.807, 2.05) is 19.1 Å². The van der Waals surface area contributed by atoms with Crippen molar-refractivity contribution in [2.75, 3.05) is 0 Å².